The molecule has 0 spiro atoms. The number of benzene rings is 1. The standard InChI is InChI=1S/C13H12N2S/c1-15-9-5-4-7-11(15)13-14-10-6-2-3-8-12(10)16-13/h2-9,11H,1H3. The third-order valence-electron chi connectivity index (χ3n) is 2.73. The minimum Gasteiger partial charge on any atom is -0.368 e. The summed E-state index contributed by atoms with van der Waals surface area (Å²) >= 11 is 1.77. The predicted octanol–water partition coefficient (Wildman–Crippen LogP) is 3.35. The number of likely N-dealkylation sites (N-methyl/N-ethyl adjacent to an activating group) is 1. The minimum absolute atomic E-state index is 0.280. The molecular weight excluding hydrogens is 216 g/mol. The molecule has 16 heavy (non-hydrogen) atoms. The Kier molecular flexibility index (Phi) is 2.26. The second-order valence-corrected chi connectivity index (χ2v) is 4.92. The number of hydrogen-bond acceptors (Lipinski definition) is 3. The molecule has 2 aromatic rings. The van der Waals surface area contributed by atoms with E-state index in [4.69, 9.17) is 0 Å². The van der Waals surface area contributed by atoms with E-state index in [0.717, 1.165) is 10.5 Å². The van der Waals surface area contributed by atoms with Gasteiger partial charge in [0.2, 0.25) is 0 Å². The van der Waals surface area contributed by atoms with Crippen molar-refractivity contribution in [1.82, 2.24) is 9.88 Å². The first kappa shape index (κ1) is 9.60. The van der Waals surface area contributed by atoms with E-state index in [-0.39, 0.29) is 6.04 Å². The third kappa shape index (κ3) is 1.53. The first-order valence-corrected chi connectivity index (χ1v) is 6.08. The van der Waals surface area contributed by atoms with Crippen LogP contribution in [0.3, 0.4) is 0 Å². The minimum atomic E-state index is 0.280. The molecule has 1 aromatic carbocycles. The maximum atomic E-state index is 4.68. The molecular formula is C13H12N2S. The summed E-state index contributed by atoms with van der Waals surface area (Å²) in [6.45, 7) is 0. The van der Waals surface area contributed by atoms with E-state index in [1.807, 2.05) is 12.1 Å². The molecule has 1 unspecified atom stereocenters. The van der Waals surface area contributed by atoms with Crippen LogP contribution in [0.15, 0.2) is 48.7 Å². The quantitative estimate of drug-likeness (QED) is 0.744. The Hall–Kier alpha value is -1.61. The highest BCUT2D eigenvalue weighted by molar-refractivity contribution is 7.18. The summed E-state index contributed by atoms with van der Waals surface area (Å²) in [6.07, 6.45) is 8.38. The first-order chi connectivity index (χ1) is 7.84. The lowest BCUT2D eigenvalue weighted by molar-refractivity contribution is 0.389. The van der Waals surface area contributed by atoms with Gasteiger partial charge in [0.15, 0.2) is 0 Å². The predicted molar refractivity (Wildman–Crippen MR) is 68.4 cm³/mol. The van der Waals surface area contributed by atoms with E-state index in [1.54, 1.807) is 11.3 Å². The molecule has 0 saturated carbocycles. The van der Waals surface area contributed by atoms with Gasteiger partial charge in [0.25, 0.3) is 0 Å². The zero-order chi connectivity index (χ0) is 11.0. The van der Waals surface area contributed by atoms with Crippen molar-refractivity contribution < 1.29 is 0 Å². The first-order valence-electron chi connectivity index (χ1n) is 5.27. The van der Waals surface area contributed by atoms with Gasteiger partial charge in [-0.15, -0.1) is 11.3 Å². The van der Waals surface area contributed by atoms with Crippen LogP contribution >= 0.6 is 11.3 Å². The molecule has 1 aliphatic rings. The van der Waals surface area contributed by atoms with Crippen molar-refractivity contribution in [2.75, 3.05) is 7.05 Å². The van der Waals surface area contributed by atoms with Crippen LogP contribution in [0.1, 0.15) is 11.0 Å². The molecule has 1 aromatic heterocycles. The molecule has 0 radical (unpaired) electrons. The highest BCUT2D eigenvalue weighted by Crippen LogP contribution is 2.31. The fourth-order valence-corrected chi connectivity index (χ4v) is 2.96. The Morgan fingerprint density at radius 3 is 2.94 bits per heavy atom. The number of allylic oxidation sites excluding steroid dienone is 2. The number of para-hydroxylation sites is 1. The second-order valence-electron chi connectivity index (χ2n) is 3.86. The summed E-state index contributed by atoms with van der Waals surface area (Å²) in [6, 6.07) is 8.57. The molecule has 1 aliphatic heterocycles. The highest BCUT2D eigenvalue weighted by Gasteiger charge is 2.17. The van der Waals surface area contributed by atoms with E-state index >= 15 is 0 Å². The fraction of sp³-hybridized carbons (Fsp3) is 0.154. The molecule has 0 bridgehead atoms. The van der Waals surface area contributed by atoms with Crippen LogP contribution in [-0.4, -0.2) is 16.9 Å². The van der Waals surface area contributed by atoms with Crippen molar-refractivity contribution in [1.29, 1.82) is 0 Å². The average molecular weight is 228 g/mol. The average Bonchev–Trinajstić information content (AvgIpc) is 2.73. The summed E-state index contributed by atoms with van der Waals surface area (Å²) in [4.78, 5) is 6.86. The molecule has 0 saturated heterocycles. The van der Waals surface area contributed by atoms with Gasteiger partial charge in [-0.1, -0.05) is 24.3 Å². The summed E-state index contributed by atoms with van der Waals surface area (Å²) in [5.41, 5.74) is 1.10. The van der Waals surface area contributed by atoms with Crippen LogP contribution in [0.5, 0.6) is 0 Å². The molecule has 2 heterocycles. The van der Waals surface area contributed by atoms with Gasteiger partial charge in [0, 0.05) is 7.05 Å². The van der Waals surface area contributed by atoms with E-state index in [0.29, 0.717) is 0 Å². The van der Waals surface area contributed by atoms with Crippen LogP contribution in [0.25, 0.3) is 10.2 Å². The SMILES string of the molecule is CN1C=CC=CC1c1nc2ccccc2s1. The molecule has 0 fully saturated rings. The highest BCUT2D eigenvalue weighted by atomic mass is 32.1. The summed E-state index contributed by atoms with van der Waals surface area (Å²) < 4.78 is 1.26. The Morgan fingerprint density at radius 2 is 2.12 bits per heavy atom. The topological polar surface area (TPSA) is 16.1 Å². The van der Waals surface area contributed by atoms with Crippen LogP contribution in [0.2, 0.25) is 0 Å². The van der Waals surface area contributed by atoms with E-state index < -0.39 is 0 Å². The maximum Gasteiger partial charge on any atom is 0.120 e. The maximum absolute atomic E-state index is 4.68. The lowest BCUT2D eigenvalue weighted by atomic mass is 10.2. The number of aromatic nitrogens is 1. The Labute approximate surface area is 98.5 Å². The number of fused-ring (bicyclic) bond motifs is 1. The fourth-order valence-electron chi connectivity index (χ4n) is 1.86. The Bertz CT molecular complexity index is 535. The van der Waals surface area contributed by atoms with Crippen molar-refractivity contribution >= 4 is 21.6 Å². The number of nitrogens with zero attached hydrogens (tertiary/aromatic N) is 2. The van der Waals surface area contributed by atoms with Crippen LogP contribution < -0.4 is 0 Å². The van der Waals surface area contributed by atoms with Gasteiger partial charge in [-0.05, 0) is 24.4 Å². The van der Waals surface area contributed by atoms with Gasteiger partial charge >= 0.3 is 0 Å². The molecule has 80 valence electrons. The Balaban J connectivity index is 2.06. The van der Waals surface area contributed by atoms with Gasteiger partial charge in [-0.3, -0.25) is 0 Å². The molecule has 3 rings (SSSR count). The molecule has 0 N–H and O–H groups in total. The van der Waals surface area contributed by atoms with Crippen molar-refractivity contribution in [3.63, 3.8) is 0 Å². The molecule has 3 heteroatoms. The van der Waals surface area contributed by atoms with Gasteiger partial charge in [0.1, 0.15) is 5.01 Å². The monoisotopic (exact) mass is 228 g/mol. The number of hydrogen-bond donors (Lipinski definition) is 0. The van der Waals surface area contributed by atoms with Crippen LogP contribution in [-0.2, 0) is 0 Å². The van der Waals surface area contributed by atoms with Gasteiger partial charge in [-0.2, -0.15) is 0 Å². The summed E-state index contributed by atoms with van der Waals surface area (Å²) in [5, 5.41) is 1.16. The molecule has 1 atom stereocenters. The Morgan fingerprint density at radius 1 is 1.25 bits per heavy atom. The van der Waals surface area contributed by atoms with Crippen molar-refractivity contribution in [3.8, 4) is 0 Å². The smallest absolute Gasteiger partial charge is 0.120 e. The summed E-state index contributed by atoms with van der Waals surface area (Å²) in [7, 11) is 2.08. The van der Waals surface area contributed by atoms with Gasteiger partial charge < -0.3 is 4.90 Å². The molecule has 0 amide bonds. The van der Waals surface area contributed by atoms with Gasteiger partial charge in [-0.25, -0.2) is 4.98 Å². The van der Waals surface area contributed by atoms with Crippen molar-refractivity contribution in [3.05, 3.63) is 53.7 Å². The van der Waals surface area contributed by atoms with E-state index in [9.17, 15) is 0 Å². The lowest BCUT2D eigenvalue weighted by Crippen LogP contribution is -2.18. The summed E-state index contributed by atoms with van der Waals surface area (Å²) in [5.74, 6) is 0. The second kappa shape index (κ2) is 3.76. The molecule has 0 aliphatic carbocycles. The molecule has 2 nitrogen and oxygen atoms in total. The van der Waals surface area contributed by atoms with Gasteiger partial charge in [0.05, 0.1) is 16.3 Å². The van der Waals surface area contributed by atoms with Crippen LogP contribution in [0.4, 0.5) is 0 Å². The number of thiazole rings is 1. The van der Waals surface area contributed by atoms with Crippen LogP contribution in [0, 0.1) is 0 Å². The zero-order valence-electron chi connectivity index (χ0n) is 9.00. The van der Waals surface area contributed by atoms with Crippen molar-refractivity contribution in [2.24, 2.45) is 0 Å². The lowest BCUT2D eigenvalue weighted by Gasteiger charge is -2.23. The van der Waals surface area contributed by atoms with E-state index in [2.05, 4.69) is 53.5 Å². The van der Waals surface area contributed by atoms with Crippen molar-refractivity contribution in [2.45, 2.75) is 6.04 Å². The largest absolute Gasteiger partial charge is 0.368 e. The van der Waals surface area contributed by atoms with E-state index in [1.165, 1.54) is 4.70 Å². The third-order valence-corrected chi connectivity index (χ3v) is 3.83. The normalized spacial score (nSPS) is 19.6. The number of rotatable bonds is 1. The zero-order valence-corrected chi connectivity index (χ0v) is 9.82.